The Kier molecular flexibility index (Phi) is 5.58. The van der Waals surface area contributed by atoms with Crippen molar-refractivity contribution in [1.82, 2.24) is 4.98 Å². The number of Topliss-reactive ketones (excluding diaryl/α,β-unsaturated/α-hetero) is 1. The number of aryl methyl sites for hydroxylation is 1. The van der Waals surface area contributed by atoms with Crippen LogP contribution in [0.15, 0.2) is 24.0 Å². The standard InChI is InChI=1S/C23H23Cl2NO3S/c1-11-18(26-21(30-11)14-7-8-15(24)16(25)10-14)17-19(27)12-5-6-13(9-12)20(17)29-22(28)23(2,3)4/h7-8,10,12-13H,5-6,9H2,1-4H3/t12-,13+/m1/s1. The molecule has 1 saturated carbocycles. The molecule has 0 saturated heterocycles. The Morgan fingerprint density at radius 2 is 1.87 bits per heavy atom. The number of thiazole rings is 1. The molecule has 4 rings (SSSR count). The van der Waals surface area contributed by atoms with E-state index in [0.717, 1.165) is 34.7 Å². The normalized spacial score (nSPS) is 21.3. The molecule has 7 heteroatoms. The summed E-state index contributed by atoms with van der Waals surface area (Å²) in [4.78, 5) is 31.7. The number of allylic oxidation sites excluding steroid dienone is 2. The summed E-state index contributed by atoms with van der Waals surface area (Å²) >= 11 is 13.7. The smallest absolute Gasteiger partial charge is 0.316 e. The lowest BCUT2D eigenvalue weighted by Gasteiger charge is -2.26. The first-order valence-electron chi connectivity index (χ1n) is 10.00. The number of esters is 1. The molecule has 4 nitrogen and oxygen atoms in total. The van der Waals surface area contributed by atoms with Gasteiger partial charge in [0.25, 0.3) is 0 Å². The zero-order chi connectivity index (χ0) is 21.8. The molecule has 1 aromatic heterocycles. The minimum Gasteiger partial charge on any atom is -0.430 e. The van der Waals surface area contributed by atoms with E-state index in [2.05, 4.69) is 0 Å². The second-order valence-corrected chi connectivity index (χ2v) is 11.0. The molecular weight excluding hydrogens is 441 g/mol. The number of carbonyl (C=O) groups is 2. The van der Waals surface area contributed by atoms with Crippen molar-refractivity contribution in [2.45, 2.75) is 47.0 Å². The third kappa shape index (κ3) is 3.83. The van der Waals surface area contributed by atoms with Crippen molar-refractivity contribution < 1.29 is 14.3 Å². The number of rotatable bonds is 3. The average Bonchev–Trinajstić information content (AvgIpc) is 3.27. The summed E-state index contributed by atoms with van der Waals surface area (Å²) in [7, 11) is 0. The van der Waals surface area contributed by atoms with E-state index in [4.69, 9.17) is 32.9 Å². The van der Waals surface area contributed by atoms with Crippen molar-refractivity contribution in [3.8, 4) is 10.6 Å². The summed E-state index contributed by atoms with van der Waals surface area (Å²) in [6, 6.07) is 5.36. The fourth-order valence-electron chi connectivity index (χ4n) is 3.99. The zero-order valence-corrected chi connectivity index (χ0v) is 19.7. The Hall–Kier alpha value is -1.69. The van der Waals surface area contributed by atoms with Gasteiger partial charge in [-0.2, -0.15) is 0 Å². The summed E-state index contributed by atoms with van der Waals surface area (Å²) in [5.74, 6) is 0.281. The van der Waals surface area contributed by atoms with E-state index in [0.29, 0.717) is 27.1 Å². The Bertz CT molecular complexity index is 1080. The highest BCUT2D eigenvalue weighted by Crippen LogP contribution is 2.48. The Morgan fingerprint density at radius 3 is 2.53 bits per heavy atom. The van der Waals surface area contributed by atoms with E-state index in [-0.39, 0.29) is 23.6 Å². The lowest BCUT2D eigenvalue weighted by atomic mass is 9.84. The van der Waals surface area contributed by atoms with Gasteiger partial charge >= 0.3 is 5.97 Å². The van der Waals surface area contributed by atoms with Crippen LogP contribution in [-0.2, 0) is 14.3 Å². The molecule has 0 spiro atoms. The van der Waals surface area contributed by atoms with Crippen LogP contribution in [0.25, 0.3) is 16.1 Å². The molecular formula is C23H23Cl2NO3S. The minimum atomic E-state index is -0.654. The van der Waals surface area contributed by atoms with Crippen LogP contribution in [0.1, 0.15) is 50.6 Å². The third-order valence-corrected chi connectivity index (χ3v) is 7.44. The summed E-state index contributed by atoms with van der Waals surface area (Å²) in [5, 5.41) is 1.68. The Morgan fingerprint density at radius 1 is 1.17 bits per heavy atom. The summed E-state index contributed by atoms with van der Waals surface area (Å²) in [6.07, 6.45) is 2.43. The number of halogens is 2. The van der Waals surface area contributed by atoms with E-state index in [9.17, 15) is 9.59 Å². The molecule has 1 aromatic carbocycles. The summed E-state index contributed by atoms with van der Waals surface area (Å²) in [6.45, 7) is 7.38. The molecule has 0 radical (unpaired) electrons. The van der Waals surface area contributed by atoms with Crippen LogP contribution < -0.4 is 0 Å². The van der Waals surface area contributed by atoms with Crippen molar-refractivity contribution in [2.24, 2.45) is 17.3 Å². The van der Waals surface area contributed by atoms with Crippen molar-refractivity contribution in [1.29, 1.82) is 0 Å². The molecule has 2 aliphatic rings. The highest BCUT2D eigenvalue weighted by molar-refractivity contribution is 7.15. The predicted octanol–water partition coefficient (Wildman–Crippen LogP) is 6.72. The van der Waals surface area contributed by atoms with Crippen LogP contribution in [0.2, 0.25) is 10.0 Å². The van der Waals surface area contributed by atoms with Gasteiger partial charge in [-0.15, -0.1) is 11.3 Å². The lowest BCUT2D eigenvalue weighted by Crippen LogP contribution is -2.28. The number of carbonyl (C=O) groups excluding carboxylic acids is 2. The zero-order valence-electron chi connectivity index (χ0n) is 17.3. The predicted molar refractivity (Wildman–Crippen MR) is 121 cm³/mol. The topological polar surface area (TPSA) is 56.3 Å². The summed E-state index contributed by atoms with van der Waals surface area (Å²) < 4.78 is 5.87. The quantitative estimate of drug-likeness (QED) is 0.473. The first kappa shape index (κ1) is 21.5. The maximum atomic E-state index is 13.3. The number of benzene rings is 1. The number of nitrogens with zero attached hydrogens (tertiary/aromatic N) is 1. The first-order valence-corrected chi connectivity index (χ1v) is 11.6. The van der Waals surface area contributed by atoms with Crippen molar-refractivity contribution in [3.05, 3.63) is 44.6 Å². The maximum Gasteiger partial charge on any atom is 0.316 e. The Labute approximate surface area is 190 Å². The SMILES string of the molecule is Cc1sc(-c2ccc(Cl)c(Cl)c2)nc1C1=C(OC(=O)C(C)(C)C)[C@H]2CC[C@H](C2)C1=O. The van der Waals surface area contributed by atoms with Gasteiger partial charge < -0.3 is 4.74 Å². The highest BCUT2D eigenvalue weighted by Gasteiger charge is 2.44. The van der Waals surface area contributed by atoms with Crippen molar-refractivity contribution >= 4 is 51.9 Å². The molecule has 158 valence electrons. The van der Waals surface area contributed by atoms with Gasteiger partial charge in [-0.1, -0.05) is 29.3 Å². The second kappa shape index (κ2) is 7.77. The van der Waals surface area contributed by atoms with Gasteiger partial charge in [-0.05, 0) is 59.1 Å². The fraction of sp³-hybridized carbons (Fsp3) is 0.435. The van der Waals surface area contributed by atoms with Crippen LogP contribution >= 0.6 is 34.5 Å². The number of ether oxygens (including phenoxy) is 1. The highest BCUT2D eigenvalue weighted by atomic mass is 35.5. The maximum absolute atomic E-state index is 13.3. The van der Waals surface area contributed by atoms with Crippen molar-refractivity contribution in [3.63, 3.8) is 0 Å². The van der Waals surface area contributed by atoms with Gasteiger partial charge in [0.15, 0.2) is 5.78 Å². The molecule has 0 unspecified atom stereocenters. The Balaban J connectivity index is 1.82. The molecule has 2 atom stereocenters. The van der Waals surface area contributed by atoms with E-state index in [1.807, 2.05) is 33.8 Å². The molecule has 0 aliphatic heterocycles. The van der Waals surface area contributed by atoms with Crippen LogP contribution in [0, 0.1) is 24.2 Å². The summed E-state index contributed by atoms with van der Waals surface area (Å²) in [5.41, 5.74) is 1.27. The first-order chi connectivity index (χ1) is 14.1. The van der Waals surface area contributed by atoms with Gasteiger partial charge in [0.2, 0.25) is 0 Å². The van der Waals surface area contributed by atoms with Gasteiger partial charge in [0.1, 0.15) is 10.8 Å². The van der Waals surface area contributed by atoms with E-state index in [1.54, 1.807) is 12.1 Å². The number of ketones is 1. The largest absolute Gasteiger partial charge is 0.430 e. The lowest BCUT2D eigenvalue weighted by molar-refractivity contribution is -0.149. The molecule has 2 aromatic rings. The van der Waals surface area contributed by atoms with Gasteiger partial charge in [-0.3, -0.25) is 9.59 Å². The van der Waals surface area contributed by atoms with Crippen LogP contribution in [0.4, 0.5) is 0 Å². The molecule has 2 bridgehead atoms. The van der Waals surface area contributed by atoms with E-state index < -0.39 is 5.41 Å². The third-order valence-electron chi connectivity index (χ3n) is 5.68. The number of aromatic nitrogens is 1. The second-order valence-electron chi connectivity index (χ2n) is 9.00. The molecule has 0 amide bonds. The molecule has 1 heterocycles. The van der Waals surface area contributed by atoms with E-state index in [1.165, 1.54) is 11.3 Å². The van der Waals surface area contributed by atoms with Gasteiger partial charge in [-0.25, -0.2) is 4.98 Å². The fourth-order valence-corrected chi connectivity index (χ4v) is 5.20. The van der Waals surface area contributed by atoms with Gasteiger partial charge in [0.05, 0.1) is 26.7 Å². The minimum absolute atomic E-state index is 0.0170. The van der Waals surface area contributed by atoms with Crippen LogP contribution in [0.3, 0.4) is 0 Å². The average molecular weight is 464 g/mol. The van der Waals surface area contributed by atoms with Gasteiger partial charge in [0, 0.05) is 22.3 Å². The van der Waals surface area contributed by atoms with Crippen LogP contribution in [-0.4, -0.2) is 16.7 Å². The monoisotopic (exact) mass is 463 g/mol. The molecule has 2 aliphatic carbocycles. The van der Waals surface area contributed by atoms with E-state index >= 15 is 0 Å². The number of hydrogen-bond acceptors (Lipinski definition) is 5. The molecule has 1 fully saturated rings. The number of fused-ring (bicyclic) bond motifs is 2. The van der Waals surface area contributed by atoms with Crippen LogP contribution in [0.5, 0.6) is 0 Å². The van der Waals surface area contributed by atoms with Crippen molar-refractivity contribution in [2.75, 3.05) is 0 Å². The number of hydrogen-bond donors (Lipinski definition) is 0. The molecule has 30 heavy (non-hydrogen) atoms. The molecule has 0 N–H and O–H groups in total.